The highest BCUT2D eigenvalue weighted by molar-refractivity contribution is 5.95. The first kappa shape index (κ1) is 30.8. The summed E-state index contributed by atoms with van der Waals surface area (Å²) in [5.74, 6) is 0.904. The van der Waals surface area contributed by atoms with Gasteiger partial charge in [0.1, 0.15) is 18.1 Å². The van der Waals surface area contributed by atoms with Crippen molar-refractivity contribution in [2.75, 3.05) is 19.8 Å². The molecule has 0 aromatic heterocycles. The van der Waals surface area contributed by atoms with E-state index in [2.05, 4.69) is 66.9 Å². The molecule has 2 atom stereocenters. The number of rotatable bonds is 9. The maximum absolute atomic E-state index is 13.7. The van der Waals surface area contributed by atoms with Crippen molar-refractivity contribution in [3.8, 4) is 11.5 Å². The number of ketones is 1. The van der Waals surface area contributed by atoms with Crippen molar-refractivity contribution in [1.82, 2.24) is 10.6 Å². The minimum Gasteiger partial charge on any atom is -0.493 e. The summed E-state index contributed by atoms with van der Waals surface area (Å²) in [6, 6.07) is 21.6. The normalized spacial score (nSPS) is 18.9. The minimum absolute atomic E-state index is 0.0883. The van der Waals surface area contributed by atoms with Gasteiger partial charge in [0.2, 0.25) is 0 Å². The third-order valence-electron chi connectivity index (χ3n) is 8.45. The Morgan fingerprint density at radius 1 is 1.07 bits per heavy atom. The van der Waals surface area contributed by atoms with E-state index in [1.807, 2.05) is 6.07 Å². The Hall–Kier alpha value is -3.68. The molecule has 0 spiro atoms. The number of benzene rings is 3. The summed E-state index contributed by atoms with van der Waals surface area (Å²) in [5, 5.41) is 18.3. The minimum atomic E-state index is -0.832. The van der Waals surface area contributed by atoms with E-state index in [-0.39, 0.29) is 23.8 Å². The second-order valence-electron chi connectivity index (χ2n) is 12.4. The zero-order chi connectivity index (χ0) is 30.4. The molecule has 3 aromatic carbocycles. The van der Waals surface area contributed by atoms with E-state index >= 15 is 0 Å². The lowest BCUT2D eigenvalue weighted by atomic mass is 9.95. The molecule has 7 nitrogen and oxygen atoms in total. The van der Waals surface area contributed by atoms with E-state index in [1.165, 1.54) is 23.6 Å². The SMILES string of the molecule is CC(=O)COc1cc2cc(c1)C(=O)N[C@H]([C@H](O)CNC1(c3cccc(C(C)C)c3)CC1)Cc1cccc(c1)CCCCO2. The number of hydrogen-bond donors (Lipinski definition) is 3. The Balaban J connectivity index is 1.38. The summed E-state index contributed by atoms with van der Waals surface area (Å²) >= 11 is 0. The number of fused-ring (bicyclic) bond motifs is 4. The maximum atomic E-state index is 13.7. The Labute approximate surface area is 255 Å². The molecule has 43 heavy (non-hydrogen) atoms. The van der Waals surface area contributed by atoms with E-state index in [4.69, 9.17) is 9.47 Å². The van der Waals surface area contributed by atoms with Crippen molar-refractivity contribution in [2.45, 2.75) is 82.9 Å². The lowest BCUT2D eigenvalue weighted by Crippen LogP contribution is -2.50. The topological polar surface area (TPSA) is 96.9 Å². The third kappa shape index (κ3) is 8.24. The van der Waals surface area contributed by atoms with Crippen molar-refractivity contribution in [3.05, 3.63) is 94.5 Å². The van der Waals surface area contributed by atoms with E-state index in [0.29, 0.717) is 42.6 Å². The van der Waals surface area contributed by atoms with Gasteiger partial charge in [-0.25, -0.2) is 0 Å². The van der Waals surface area contributed by atoms with Crippen LogP contribution in [0.15, 0.2) is 66.7 Å². The summed E-state index contributed by atoms with van der Waals surface area (Å²) in [7, 11) is 0. The van der Waals surface area contributed by atoms with E-state index < -0.39 is 12.1 Å². The predicted molar refractivity (Wildman–Crippen MR) is 168 cm³/mol. The number of aryl methyl sites for hydroxylation is 1. The number of carbonyl (C=O) groups excluding carboxylic acids is 2. The van der Waals surface area contributed by atoms with Crippen LogP contribution in [0.4, 0.5) is 0 Å². The number of carbonyl (C=O) groups is 2. The summed E-state index contributed by atoms with van der Waals surface area (Å²) in [6.45, 7) is 6.61. The van der Waals surface area contributed by atoms with Gasteiger partial charge in [-0.3, -0.25) is 9.59 Å². The number of nitrogens with one attached hydrogen (secondary N) is 2. The summed E-state index contributed by atoms with van der Waals surface area (Å²) in [6.07, 6.45) is 4.42. The molecule has 1 aliphatic carbocycles. The van der Waals surface area contributed by atoms with Gasteiger partial charge in [-0.15, -0.1) is 0 Å². The molecule has 0 radical (unpaired) electrons. The molecule has 1 amide bonds. The van der Waals surface area contributed by atoms with E-state index in [9.17, 15) is 14.7 Å². The fourth-order valence-corrected chi connectivity index (χ4v) is 5.71. The average Bonchev–Trinajstić information content (AvgIpc) is 3.79. The van der Waals surface area contributed by atoms with Gasteiger partial charge in [-0.2, -0.15) is 0 Å². The molecule has 1 saturated carbocycles. The number of Topliss-reactive ketones (excluding diaryl/α,β-unsaturated/α-hetero) is 1. The fraction of sp³-hybridized carbons (Fsp3) is 0.444. The number of aliphatic hydroxyl groups excluding tert-OH is 1. The molecule has 5 rings (SSSR count). The summed E-state index contributed by atoms with van der Waals surface area (Å²) < 4.78 is 11.6. The van der Waals surface area contributed by atoms with Crippen LogP contribution in [0.1, 0.15) is 85.0 Å². The Kier molecular flexibility index (Phi) is 9.83. The standard InChI is InChI=1S/C36H44N2O5/c1-24(2)28-11-7-12-30(18-28)36(13-14-36)37-22-34(40)33-17-27-10-6-9-26(16-27)8-4-5-15-42-31-19-29(35(41)38-33)20-32(21-31)43-23-25(3)39/h6-7,9-12,16,18-21,24,33-34,37,40H,4-5,8,13-15,17,22-23H2,1-3H3,(H,38,41)/t33-,34+/m0/s1. The third-order valence-corrected chi connectivity index (χ3v) is 8.45. The zero-order valence-electron chi connectivity index (χ0n) is 25.5. The van der Waals surface area contributed by atoms with Crippen LogP contribution in [-0.4, -0.2) is 48.7 Å². The zero-order valence-corrected chi connectivity index (χ0v) is 25.5. The van der Waals surface area contributed by atoms with Crippen LogP contribution < -0.4 is 20.1 Å². The lowest BCUT2D eigenvalue weighted by Gasteiger charge is -2.28. The van der Waals surface area contributed by atoms with E-state index in [1.54, 1.807) is 18.2 Å². The first-order valence-corrected chi connectivity index (χ1v) is 15.5. The molecule has 4 bridgehead atoms. The Morgan fingerprint density at radius 3 is 2.63 bits per heavy atom. The van der Waals surface area contributed by atoms with Gasteiger partial charge in [-0.1, -0.05) is 62.4 Å². The first-order valence-electron chi connectivity index (χ1n) is 15.5. The number of amides is 1. The van der Waals surface area contributed by atoms with Crippen molar-refractivity contribution in [3.63, 3.8) is 0 Å². The highest BCUT2D eigenvalue weighted by Gasteiger charge is 2.44. The monoisotopic (exact) mass is 584 g/mol. The predicted octanol–water partition coefficient (Wildman–Crippen LogP) is 5.47. The second-order valence-corrected chi connectivity index (χ2v) is 12.4. The lowest BCUT2D eigenvalue weighted by molar-refractivity contribution is -0.118. The van der Waals surface area contributed by atoms with Gasteiger partial charge in [0.25, 0.3) is 5.91 Å². The molecule has 0 unspecified atom stereocenters. The van der Waals surface area contributed by atoms with Crippen molar-refractivity contribution in [2.24, 2.45) is 0 Å². The molecule has 3 aromatic rings. The molecule has 1 aliphatic heterocycles. The van der Waals surface area contributed by atoms with Crippen LogP contribution in [0.5, 0.6) is 11.5 Å². The molecular weight excluding hydrogens is 540 g/mol. The summed E-state index contributed by atoms with van der Waals surface area (Å²) in [4.78, 5) is 25.2. The van der Waals surface area contributed by atoms with Gasteiger partial charge in [-0.05, 0) is 85.8 Å². The van der Waals surface area contributed by atoms with Crippen LogP contribution in [0.25, 0.3) is 0 Å². The van der Waals surface area contributed by atoms with Gasteiger partial charge in [0.15, 0.2) is 5.78 Å². The van der Waals surface area contributed by atoms with Gasteiger partial charge >= 0.3 is 0 Å². The van der Waals surface area contributed by atoms with E-state index in [0.717, 1.165) is 37.7 Å². The molecule has 1 fully saturated rings. The van der Waals surface area contributed by atoms with Crippen molar-refractivity contribution in [1.29, 1.82) is 0 Å². The van der Waals surface area contributed by atoms with Crippen LogP contribution in [0, 0.1) is 0 Å². The highest BCUT2D eigenvalue weighted by Crippen LogP contribution is 2.46. The van der Waals surface area contributed by atoms with Crippen molar-refractivity contribution >= 4 is 11.7 Å². The fourth-order valence-electron chi connectivity index (χ4n) is 5.71. The smallest absolute Gasteiger partial charge is 0.251 e. The molecule has 1 heterocycles. The van der Waals surface area contributed by atoms with Crippen LogP contribution >= 0.6 is 0 Å². The molecule has 228 valence electrons. The largest absolute Gasteiger partial charge is 0.493 e. The van der Waals surface area contributed by atoms with Gasteiger partial charge in [0.05, 0.1) is 18.8 Å². The van der Waals surface area contributed by atoms with Crippen LogP contribution in [0.2, 0.25) is 0 Å². The van der Waals surface area contributed by atoms with Crippen molar-refractivity contribution < 1.29 is 24.2 Å². The summed E-state index contributed by atoms with van der Waals surface area (Å²) in [5.41, 5.74) is 5.06. The molecular formula is C36H44N2O5. The maximum Gasteiger partial charge on any atom is 0.251 e. The number of aliphatic hydroxyl groups is 1. The Bertz CT molecular complexity index is 1430. The Morgan fingerprint density at radius 2 is 1.86 bits per heavy atom. The van der Waals surface area contributed by atoms with Crippen LogP contribution in [-0.2, 0) is 23.2 Å². The second kappa shape index (κ2) is 13.7. The van der Waals surface area contributed by atoms with Gasteiger partial charge in [0, 0.05) is 23.7 Å². The molecule has 7 heteroatoms. The van der Waals surface area contributed by atoms with Crippen LogP contribution in [0.3, 0.4) is 0 Å². The molecule has 0 saturated heterocycles. The number of hydrogen-bond acceptors (Lipinski definition) is 6. The molecule has 2 aliphatic rings. The quantitative estimate of drug-likeness (QED) is 0.309. The molecule has 3 N–H and O–H groups in total. The van der Waals surface area contributed by atoms with Gasteiger partial charge < -0.3 is 25.2 Å². The highest BCUT2D eigenvalue weighted by atomic mass is 16.5. The first-order chi connectivity index (χ1) is 20.7. The average molecular weight is 585 g/mol. The number of ether oxygens (including phenoxy) is 2.